The second-order valence-corrected chi connectivity index (χ2v) is 4.73. The van der Waals surface area contributed by atoms with Crippen molar-refractivity contribution in [2.24, 2.45) is 5.73 Å². The third-order valence-corrected chi connectivity index (χ3v) is 3.41. The number of anilines is 1. The summed E-state index contributed by atoms with van der Waals surface area (Å²) in [7, 11) is 0. The molecular weight excluding hydrogens is 238 g/mol. The molecule has 1 unspecified atom stereocenters. The minimum absolute atomic E-state index is 0.0539. The van der Waals surface area contributed by atoms with Crippen molar-refractivity contribution >= 4 is 29.3 Å². The number of rotatable bonds is 3. The topological polar surface area (TPSA) is 84.2 Å². The van der Waals surface area contributed by atoms with Gasteiger partial charge in [-0.25, -0.2) is 0 Å². The van der Waals surface area contributed by atoms with E-state index in [-0.39, 0.29) is 11.9 Å². The fraction of sp³-hybridized carbons (Fsp3) is 0.273. The van der Waals surface area contributed by atoms with Crippen LogP contribution in [0.2, 0.25) is 0 Å². The molecule has 2 amide bonds. The molecule has 5 nitrogen and oxygen atoms in total. The van der Waals surface area contributed by atoms with Gasteiger partial charge in [-0.05, 0) is 24.3 Å². The van der Waals surface area contributed by atoms with Crippen LogP contribution in [-0.4, -0.2) is 29.5 Å². The van der Waals surface area contributed by atoms with Gasteiger partial charge in [-0.15, -0.1) is 11.8 Å². The quantitative estimate of drug-likeness (QED) is 0.725. The van der Waals surface area contributed by atoms with Crippen molar-refractivity contribution in [3.8, 4) is 0 Å². The van der Waals surface area contributed by atoms with Crippen LogP contribution in [0, 0.1) is 0 Å². The van der Waals surface area contributed by atoms with E-state index in [0.29, 0.717) is 11.3 Å². The van der Waals surface area contributed by atoms with E-state index in [1.54, 1.807) is 36.0 Å². The zero-order valence-electron chi connectivity index (χ0n) is 9.10. The molecule has 0 radical (unpaired) electrons. The van der Waals surface area contributed by atoms with Crippen molar-refractivity contribution in [3.05, 3.63) is 29.8 Å². The van der Waals surface area contributed by atoms with E-state index in [1.807, 2.05) is 0 Å². The smallest absolute Gasteiger partial charge is 0.248 e. The van der Waals surface area contributed by atoms with Crippen molar-refractivity contribution in [3.63, 3.8) is 0 Å². The van der Waals surface area contributed by atoms with Crippen LogP contribution in [-0.2, 0) is 4.79 Å². The van der Waals surface area contributed by atoms with Crippen molar-refractivity contribution in [1.29, 1.82) is 0 Å². The number of primary amides is 1. The average Bonchev–Trinajstić information content (AvgIpc) is 2.83. The summed E-state index contributed by atoms with van der Waals surface area (Å²) in [6, 6.07) is 6.37. The highest BCUT2D eigenvalue weighted by Gasteiger charge is 2.22. The molecule has 0 saturated carbocycles. The molecule has 90 valence electrons. The Balaban J connectivity index is 1.98. The largest absolute Gasteiger partial charge is 0.366 e. The standard InChI is InChI=1S/C11H13N3O2S/c12-10(15)7-1-3-8(4-2-7)14-11(16)9-5-17-6-13-9/h1-4,9,13H,5-6H2,(H2,12,15)(H,14,16). The molecule has 1 aromatic rings. The predicted octanol–water partition coefficient (Wildman–Crippen LogP) is 0.386. The number of carbonyl (C=O) groups excluding carboxylic acids is 2. The van der Waals surface area contributed by atoms with Gasteiger partial charge in [-0.3, -0.25) is 14.9 Å². The van der Waals surface area contributed by atoms with Gasteiger partial charge in [0.2, 0.25) is 11.8 Å². The van der Waals surface area contributed by atoms with Crippen LogP contribution >= 0.6 is 11.8 Å². The maximum Gasteiger partial charge on any atom is 0.248 e. The van der Waals surface area contributed by atoms with E-state index in [1.165, 1.54) is 0 Å². The van der Waals surface area contributed by atoms with Gasteiger partial charge in [0.15, 0.2) is 0 Å². The average molecular weight is 251 g/mol. The van der Waals surface area contributed by atoms with Gasteiger partial charge in [0.1, 0.15) is 0 Å². The first-order valence-electron chi connectivity index (χ1n) is 5.18. The van der Waals surface area contributed by atoms with Crippen LogP contribution in [0.15, 0.2) is 24.3 Å². The lowest BCUT2D eigenvalue weighted by molar-refractivity contribution is -0.117. The Hall–Kier alpha value is -1.53. The molecule has 4 N–H and O–H groups in total. The van der Waals surface area contributed by atoms with E-state index in [2.05, 4.69) is 10.6 Å². The molecule has 6 heteroatoms. The van der Waals surface area contributed by atoms with Crippen molar-refractivity contribution in [1.82, 2.24) is 5.32 Å². The molecule has 1 heterocycles. The Labute approximate surface area is 103 Å². The molecule has 1 aromatic carbocycles. The number of nitrogens with two attached hydrogens (primary N) is 1. The van der Waals surface area contributed by atoms with Gasteiger partial charge in [-0.2, -0.15) is 0 Å². The Morgan fingerprint density at radius 3 is 2.59 bits per heavy atom. The molecule has 1 aliphatic rings. The molecule has 0 aromatic heterocycles. The molecule has 0 bridgehead atoms. The zero-order chi connectivity index (χ0) is 12.3. The summed E-state index contributed by atoms with van der Waals surface area (Å²) >= 11 is 1.69. The molecule has 1 aliphatic heterocycles. The first-order chi connectivity index (χ1) is 8.16. The highest BCUT2D eigenvalue weighted by Crippen LogP contribution is 2.13. The summed E-state index contributed by atoms with van der Waals surface area (Å²) in [6.45, 7) is 0. The fourth-order valence-corrected chi connectivity index (χ4v) is 2.45. The van der Waals surface area contributed by atoms with Gasteiger partial charge in [0.25, 0.3) is 0 Å². The minimum atomic E-state index is -0.475. The number of amides is 2. The summed E-state index contributed by atoms with van der Waals surface area (Å²) in [5.41, 5.74) is 6.22. The van der Waals surface area contributed by atoms with Crippen molar-refractivity contribution < 1.29 is 9.59 Å². The van der Waals surface area contributed by atoms with Gasteiger partial charge in [0.05, 0.1) is 6.04 Å². The molecule has 0 spiro atoms. The second-order valence-electron chi connectivity index (χ2n) is 3.70. The lowest BCUT2D eigenvalue weighted by atomic mass is 10.2. The monoisotopic (exact) mass is 251 g/mol. The van der Waals surface area contributed by atoms with Crippen LogP contribution in [0.5, 0.6) is 0 Å². The number of hydrogen-bond donors (Lipinski definition) is 3. The number of thioether (sulfide) groups is 1. The summed E-state index contributed by atoms with van der Waals surface area (Å²) in [6.07, 6.45) is 0. The normalized spacial score (nSPS) is 18.9. The zero-order valence-corrected chi connectivity index (χ0v) is 9.92. The summed E-state index contributed by atoms with van der Waals surface area (Å²) in [5, 5.41) is 5.87. The van der Waals surface area contributed by atoms with Crippen LogP contribution < -0.4 is 16.4 Å². The molecule has 17 heavy (non-hydrogen) atoms. The van der Waals surface area contributed by atoms with E-state index in [9.17, 15) is 9.59 Å². The van der Waals surface area contributed by atoms with Crippen LogP contribution in [0.4, 0.5) is 5.69 Å². The van der Waals surface area contributed by atoms with Crippen LogP contribution in [0.25, 0.3) is 0 Å². The number of benzene rings is 1. The first-order valence-corrected chi connectivity index (χ1v) is 6.34. The molecule has 2 rings (SSSR count). The molecular formula is C11H13N3O2S. The molecule has 1 fully saturated rings. The van der Waals surface area contributed by atoms with E-state index in [4.69, 9.17) is 5.73 Å². The highest BCUT2D eigenvalue weighted by atomic mass is 32.2. The van der Waals surface area contributed by atoms with Gasteiger partial charge < -0.3 is 11.1 Å². The predicted molar refractivity (Wildman–Crippen MR) is 67.8 cm³/mol. The molecule has 1 saturated heterocycles. The third kappa shape index (κ3) is 2.98. The van der Waals surface area contributed by atoms with E-state index < -0.39 is 5.91 Å². The molecule has 0 aliphatic carbocycles. The minimum Gasteiger partial charge on any atom is -0.366 e. The lowest BCUT2D eigenvalue weighted by Crippen LogP contribution is -2.37. The third-order valence-electron chi connectivity index (χ3n) is 2.47. The van der Waals surface area contributed by atoms with Gasteiger partial charge >= 0.3 is 0 Å². The maximum absolute atomic E-state index is 11.8. The summed E-state index contributed by atoms with van der Waals surface area (Å²) in [5.74, 6) is 1.06. The number of hydrogen-bond acceptors (Lipinski definition) is 4. The number of nitrogens with one attached hydrogen (secondary N) is 2. The fourth-order valence-electron chi connectivity index (χ4n) is 1.51. The Bertz CT molecular complexity index is 427. The molecule has 1 atom stereocenters. The lowest BCUT2D eigenvalue weighted by Gasteiger charge is -2.10. The van der Waals surface area contributed by atoms with Crippen molar-refractivity contribution in [2.45, 2.75) is 6.04 Å². The summed E-state index contributed by atoms with van der Waals surface area (Å²) in [4.78, 5) is 22.6. The maximum atomic E-state index is 11.8. The van der Waals surface area contributed by atoms with E-state index >= 15 is 0 Å². The number of carbonyl (C=O) groups is 2. The van der Waals surface area contributed by atoms with Crippen LogP contribution in [0.3, 0.4) is 0 Å². The van der Waals surface area contributed by atoms with Gasteiger partial charge in [0, 0.05) is 22.9 Å². The van der Waals surface area contributed by atoms with Crippen molar-refractivity contribution in [2.75, 3.05) is 16.9 Å². The first kappa shape index (κ1) is 11.9. The summed E-state index contributed by atoms with van der Waals surface area (Å²) < 4.78 is 0. The highest BCUT2D eigenvalue weighted by molar-refractivity contribution is 7.99. The SMILES string of the molecule is NC(=O)c1ccc(NC(=O)C2CSCN2)cc1. The Morgan fingerprint density at radius 1 is 1.35 bits per heavy atom. The van der Waals surface area contributed by atoms with E-state index in [0.717, 1.165) is 11.6 Å². The Morgan fingerprint density at radius 2 is 2.06 bits per heavy atom. The second kappa shape index (κ2) is 5.20. The van der Waals surface area contributed by atoms with Crippen LogP contribution in [0.1, 0.15) is 10.4 Å². The Kier molecular flexibility index (Phi) is 3.65. The van der Waals surface area contributed by atoms with Gasteiger partial charge in [-0.1, -0.05) is 0 Å².